The highest BCUT2D eigenvalue weighted by Gasteiger charge is 2.38. The zero-order valence-corrected chi connectivity index (χ0v) is 15.2. The molecule has 1 aromatic rings. The van der Waals surface area contributed by atoms with E-state index < -0.39 is 22.3 Å². The third-order valence-corrected chi connectivity index (χ3v) is 4.20. The maximum atomic E-state index is 12.7. The fraction of sp³-hybridized carbons (Fsp3) is 0.353. The van der Waals surface area contributed by atoms with E-state index in [4.69, 9.17) is 9.47 Å². The SMILES string of the molecule is COCCOC(=O)C1=C(C)NC(C)=C([NH+]([O-])O)[C@@H]1c1cccc([NH+]([O-])O)c1. The first-order valence-corrected chi connectivity index (χ1v) is 8.19. The van der Waals surface area contributed by atoms with Crippen molar-refractivity contribution in [3.8, 4) is 0 Å². The molecule has 0 bridgehead atoms. The van der Waals surface area contributed by atoms with Crippen molar-refractivity contribution >= 4 is 11.7 Å². The van der Waals surface area contributed by atoms with E-state index in [2.05, 4.69) is 5.32 Å². The molecule has 5 N–H and O–H groups in total. The van der Waals surface area contributed by atoms with E-state index in [0.717, 1.165) is 0 Å². The number of hydrogen-bond acceptors (Lipinski definition) is 8. The van der Waals surface area contributed by atoms with Gasteiger partial charge in [0, 0.05) is 24.9 Å². The van der Waals surface area contributed by atoms with Gasteiger partial charge in [0.15, 0.2) is 11.4 Å². The number of rotatable bonds is 7. The molecule has 0 radical (unpaired) electrons. The molecule has 1 heterocycles. The predicted molar refractivity (Wildman–Crippen MR) is 92.4 cm³/mol. The number of allylic oxidation sites excluding steroid dienone is 3. The minimum Gasteiger partial charge on any atom is -0.595 e. The molecule has 0 aromatic heterocycles. The monoisotopic (exact) mass is 381 g/mol. The molecule has 0 saturated carbocycles. The van der Waals surface area contributed by atoms with Gasteiger partial charge >= 0.3 is 5.97 Å². The normalized spacial score (nSPS) is 19.6. The lowest BCUT2D eigenvalue weighted by atomic mass is 9.84. The average Bonchev–Trinajstić information content (AvgIpc) is 2.60. The summed E-state index contributed by atoms with van der Waals surface area (Å²) in [6, 6.07) is 5.87. The first kappa shape index (κ1) is 21.0. The standard InChI is InChI=1S/C17H23N3O7/c1-10-14(17(21)27-8-7-26-3)15(16(20(24)25)11(2)18-10)12-5-4-6-13(9-12)19(22)23/h4-6,9,15,18-20,22,24H,7-8H2,1-3H3/t15-/m1/s1. The average molecular weight is 381 g/mol. The van der Waals surface area contributed by atoms with Gasteiger partial charge in [-0.05, 0) is 19.4 Å². The number of ether oxygens (including phenoxy) is 2. The minimum absolute atomic E-state index is 0.00169. The second-order valence-electron chi connectivity index (χ2n) is 6.00. The molecule has 2 unspecified atom stereocenters. The molecular weight excluding hydrogens is 358 g/mol. The third kappa shape index (κ3) is 4.70. The summed E-state index contributed by atoms with van der Waals surface area (Å²) < 4.78 is 10.1. The highest BCUT2D eigenvalue weighted by atomic mass is 16.8. The molecule has 3 atom stereocenters. The van der Waals surface area contributed by atoms with Gasteiger partial charge in [-0.1, -0.05) is 12.1 Å². The second kappa shape index (κ2) is 9.06. The van der Waals surface area contributed by atoms with Gasteiger partial charge in [-0.15, -0.1) is 0 Å². The number of carbonyl (C=O) groups excluding carboxylic acids is 1. The van der Waals surface area contributed by atoms with E-state index in [-0.39, 0.29) is 30.2 Å². The van der Waals surface area contributed by atoms with E-state index in [1.165, 1.54) is 25.3 Å². The largest absolute Gasteiger partial charge is 0.595 e. The highest BCUT2D eigenvalue weighted by molar-refractivity contribution is 5.92. The molecule has 148 valence electrons. The number of benzene rings is 1. The Morgan fingerprint density at radius 1 is 1.19 bits per heavy atom. The van der Waals surface area contributed by atoms with Crippen LogP contribution in [0.15, 0.2) is 46.9 Å². The fourth-order valence-electron chi connectivity index (χ4n) is 3.03. The van der Waals surface area contributed by atoms with Crippen molar-refractivity contribution < 1.29 is 35.1 Å². The number of dihydropyridines is 1. The zero-order valence-electron chi connectivity index (χ0n) is 15.2. The third-order valence-electron chi connectivity index (χ3n) is 4.20. The van der Waals surface area contributed by atoms with E-state index in [1.807, 2.05) is 0 Å². The summed E-state index contributed by atoms with van der Waals surface area (Å²) in [6.07, 6.45) is 0. The molecule has 0 aliphatic carbocycles. The van der Waals surface area contributed by atoms with Crippen LogP contribution in [0.1, 0.15) is 25.3 Å². The molecule has 2 rings (SSSR count). The Kier molecular flexibility index (Phi) is 7.05. The Balaban J connectivity index is 2.54. The van der Waals surface area contributed by atoms with Crippen molar-refractivity contribution in [3.05, 3.63) is 62.9 Å². The van der Waals surface area contributed by atoms with Crippen LogP contribution in [0.5, 0.6) is 0 Å². The highest BCUT2D eigenvalue weighted by Crippen LogP contribution is 2.36. The molecule has 1 aromatic carbocycles. The Morgan fingerprint density at radius 2 is 1.89 bits per heavy atom. The predicted octanol–water partition coefficient (Wildman–Crippen LogP) is -0.756. The van der Waals surface area contributed by atoms with E-state index in [1.54, 1.807) is 19.9 Å². The van der Waals surface area contributed by atoms with Crippen LogP contribution in [0.25, 0.3) is 0 Å². The number of hydroxylamine groups is 2. The summed E-state index contributed by atoms with van der Waals surface area (Å²) in [4.78, 5) is 12.7. The van der Waals surface area contributed by atoms with Crippen LogP contribution >= 0.6 is 0 Å². The first-order valence-electron chi connectivity index (χ1n) is 8.19. The van der Waals surface area contributed by atoms with Crippen LogP contribution < -0.4 is 15.8 Å². The lowest BCUT2D eigenvalue weighted by molar-refractivity contribution is -1.02. The van der Waals surface area contributed by atoms with Crippen LogP contribution in [0.3, 0.4) is 0 Å². The summed E-state index contributed by atoms with van der Waals surface area (Å²) in [5, 5.41) is 42.7. The smallest absolute Gasteiger partial charge is 0.337 e. The number of carbonyl (C=O) groups is 1. The maximum Gasteiger partial charge on any atom is 0.337 e. The minimum atomic E-state index is -1.21. The molecule has 10 nitrogen and oxygen atoms in total. The Bertz CT molecular complexity index is 759. The number of esters is 1. The van der Waals surface area contributed by atoms with Gasteiger partial charge < -0.3 is 25.2 Å². The van der Waals surface area contributed by atoms with Gasteiger partial charge in [0.25, 0.3) is 0 Å². The van der Waals surface area contributed by atoms with Crippen LogP contribution in [0.4, 0.5) is 5.69 Å². The first-order chi connectivity index (χ1) is 12.8. The van der Waals surface area contributed by atoms with E-state index in [0.29, 0.717) is 17.0 Å². The van der Waals surface area contributed by atoms with Gasteiger partial charge in [-0.2, -0.15) is 10.5 Å². The molecular formula is C17H23N3O7. The van der Waals surface area contributed by atoms with Gasteiger partial charge in [0.05, 0.1) is 23.8 Å². The summed E-state index contributed by atoms with van der Waals surface area (Å²) in [5.74, 6) is -1.65. The summed E-state index contributed by atoms with van der Waals surface area (Å²) in [6.45, 7) is 3.45. The topological polar surface area (TPSA) is 143 Å². The van der Waals surface area contributed by atoms with Crippen molar-refractivity contribution in [2.75, 3.05) is 20.3 Å². The molecule has 1 aliphatic rings. The van der Waals surface area contributed by atoms with Crippen molar-refractivity contribution in [2.24, 2.45) is 0 Å². The summed E-state index contributed by atoms with van der Waals surface area (Å²) in [7, 11) is 1.47. The molecule has 0 saturated heterocycles. The lowest BCUT2D eigenvalue weighted by Crippen LogP contribution is -3.03. The van der Waals surface area contributed by atoms with Gasteiger partial charge in [-0.3, -0.25) is 0 Å². The fourth-order valence-corrected chi connectivity index (χ4v) is 3.03. The van der Waals surface area contributed by atoms with E-state index in [9.17, 15) is 25.6 Å². The Morgan fingerprint density at radius 3 is 2.48 bits per heavy atom. The Hall–Kier alpha value is -2.31. The summed E-state index contributed by atoms with van der Waals surface area (Å²) in [5.41, 5.74) is 1.28. The van der Waals surface area contributed by atoms with Crippen molar-refractivity contribution in [2.45, 2.75) is 19.8 Å². The molecule has 0 fully saturated rings. The van der Waals surface area contributed by atoms with Gasteiger partial charge in [-0.25, -0.2) is 15.2 Å². The van der Waals surface area contributed by atoms with Crippen molar-refractivity contribution in [3.63, 3.8) is 0 Å². The van der Waals surface area contributed by atoms with E-state index >= 15 is 0 Å². The van der Waals surface area contributed by atoms with Crippen LogP contribution in [0.2, 0.25) is 0 Å². The second-order valence-corrected chi connectivity index (χ2v) is 6.00. The van der Waals surface area contributed by atoms with Crippen LogP contribution in [-0.4, -0.2) is 36.7 Å². The quantitative estimate of drug-likeness (QED) is 0.236. The van der Waals surface area contributed by atoms with Crippen LogP contribution in [0, 0.1) is 10.4 Å². The zero-order chi connectivity index (χ0) is 20.1. The summed E-state index contributed by atoms with van der Waals surface area (Å²) >= 11 is 0. The van der Waals surface area contributed by atoms with Crippen molar-refractivity contribution in [1.29, 1.82) is 0 Å². The molecule has 27 heavy (non-hydrogen) atoms. The Labute approximate surface area is 156 Å². The molecule has 0 amide bonds. The maximum absolute atomic E-state index is 12.7. The van der Waals surface area contributed by atoms with Crippen LogP contribution in [-0.2, 0) is 14.3 Å². The molecule has 10 heteroatoms. The number of hydrogen-bond donors (Lipinski definition) is 5. The van der Waals surface area contributed by atoms with Gasteiger partial charge in [0.1, 0.15) is 6.61 Å². The number of nitrogens with one attached hydrogen (secondary N) is 3. The number of quaternary nitrogens is 2. The van der Waals surface area contributed by atoms with Crippen molar-refractivity contribution in [1.82, 2.24) is 5.32 Å². The lowest BCUT2D eigenvalue weighted by Gasteiger charge is -2.32. The molecule has 1 aliphatic heterocycles. The van der Waals surface area contributed by atoms with Gasteiger partial charge in [0.2, 0.25) is 0 Å². The number of methoxy groups -OCH3 is 1. The molecule has 0 spiro atoms.